The van der Waals surface area contributed by atoms with Crippen LogP contribution >= 0.6 is 0 Å². The van der Waals surface area contributed by atoms with Crippen molar-refractivity contribution in [2.45, 2.75) is 38.4 Å². The van der Waals surface area contributed by atoms with E-state index in [4.69, 9.17) is 5.73 Å². The summed E-state index contributed by atoms with van der Waals surface area (Å²) in [6.07, 6.45) is 3.43. The molecule has 2 heterocycles. The number of aromatic nitrogens is 1. The molecule has 0 radical (unpaired) electrons. The van der Waals surface area contributed by atoms with E-state index in [-0.39, 0.29) is 18.0 Å². The molecule has 1 aromatic heterocycles. The molecule has 1 saturated heterocycles. The van der Waals surface area contributed by atoms with Crippen molar-refractivity contribution in [2.24, 2.45) is 5.73 Å². The van der Waals surface area contributed by atoms with Gasteiger partial charge in [-0.2, -0.15) is 0 Å². The molecule has 104 valence electrons. The van der Waals surface area contributed by atoms with Crippen LogP contribution in [0, 0.1) is 0 Å². The predicted molar refractivity (Wildman–Crippen MR) is 74.3 cm³/mol. The van der Waals surface area contributed by atoms with E-state index in [0.717, 1.165) is 18.7 Å². The molecule has 3 N–H and O–H groups in total. The largest absolute Gasteiger partial charge is 0.352 e. The first-order valence-corrected chi connectivity index (χ1v) is 6.85. The second-order valence-corrected chi connectivity index (χ2v) is 5.08. The minimum Gasteiger partial charge on any atom is -0.352 e. The highest BCUT2D eigenvalue weighted by Crippen LogP contribution is 2.14. The Morgan fingerprint density at radius 3 is 3.05 bits per heavy atom. The molecule has 0 bridgehead atoms. The number of hydrogen-bond donors (Lipinski definition) is 2. The maximum atomic E-state index is 12.2. The number of nitrogens with two attached hydrogens (primary N) is 1. The summed E-state index contributed by atoms with van der Waals surface area (Å²) in [6, 6.07) is 5.95. The van der Waals surface area contributed by atoms with Crippen molar-refractivity contribution in [3.63, 3.8) is 0 Å². The summed E-state index contributed by atoms with van der Waals surface area (Å²) >= 11 is 0. The lowest BCUT2D eigenvalue weighted by Gasteiger charge is -2.27. The zero-order valence-electron chi connectivity index (χ0n) is 11.4. The summed E-state index contributed by atoms with van der Waals surface area (Å²) < 4.78 is 0. The van der Waals surface area contributed by atoms with Crippen molar-refractivity contribution in [3.05, 3.63) is 30.1 Å². The van der Waals surface area contributed by atoms with Crippen LogP contribution in [0.4, 0.5) is 0 Å². The van der Waals surface area contributed by atoms with Crippen LogP contribution in [0.2, 0.25) is 0 Å². The normalized spacial score (nSPS) is 24.8. The number of carbonyl (C=O) groups excluding carboxylic acids is 1. The lowest BCUT2D eigenvalue weighted by atomic mass is 10.1. The summed E-state index contributed by atoms with van der Waals surface area (Å²) in [5.41, 5.74) is 6.63. The maximum Gasteiger partial charge on any atom is 0.237 e. The first-order valence-electron chi connectivity index (χ1n) is 6.85. The molecule has 0 spiro atoms. The summed E-state index contributed by atoms with van der Waals surface area (Å²) in [5, 5.41) is 3.04. The maximum absolute atomic E-state index is 12.2. The fourth-order valence-electron chi connectivity index (χ4n) is 2.45. The van der Waals surface area contributed by atoms with Gasteiger partial charge in [-0.25, -0.2) is 0 Å². The Morgan fingerprint density at radius 1 is 1.53 bits per heavy atom. The van der Waals surface area contributed by atoms with E-state index in [1.807, 2.05) is 25.1 Å². The first kappa shape index (κ1) is 14.0. The Hall–Kier alpha value is -1.46. The lowest BCUT2D eigenvalue weighted by Crippen LogP contribution is -2.45. The second kappa shape index (κ2) is 6.63. The highest BCUT2D eigenvalue weighted by Gasteiger charge is 2.29. The van der Waals surface area contributed by atoms with Crippen LogP contribution in [0.15, 0.2) is 24.4 Å². The van der Waals surface area contributed by atoms with Crippen LogP contribution < -0.4 is 11.1 Å². The molecule has 1 aromatic rings. The highest BCUT2D eigenvalue weighted by molar-refractivity contribution is 5.82. The van der Waals surface area contributed by atoms with Crippen LogP contribution in [-0.2, 0) is 11.3 Å². The van der Waals surface area contributed by atoms with Gasteiger partial charge in [-0.1, -0.05) is 6.07 Å². The van der Waals surface area contributed by atoms with Gasteiger partial charge < -0.3 is 11.1 Å². The van der Waals surface area contributed by atoms with Gasteiger partial charge in [0.1, 0.15) is 0 Å². The monoisotopic (exact) mass is 262 g/mol. The topological polar surface area (TPSA) is 71.2 Å². The molecule has 19 heavy (non-hydrogen) atoms. The number of nitrogens with zero attached hydrogens (tertiary/aromatic N) is 2. The number of hydrogen-bond acceptors (Lipinski definition) is 4. The summed E-state index contributed by atoms with van der Waals surface area (Å²) in [7, 11) is 0. The van der Waals surface area contributed by atoms with Gasteiger partial charge >= 0.3 is 0 Å². The zero-order valence-corrected chi connectivity index (χ0v) is 11.4. The van der Waals surface area contributed by atoms with Crippen molar-refractivity contribution in [1.82, 2.24) is 15.2 Å². The Bertz CT molecular complexity index is 409. The van der Waals surface area contributed by atoms with Crippen LogP contribution in [0.3, 0.4) is 0 Å². The van der Waals surface area contributed by atoms with Crippen LogP contribution in [-0.4, -0.2) is 41.0 Å². The summed E-state index contributed by atoms with van der Waals surface area (Å²) in [4.78, 5) is 18.7. The molecule has 2 atom stereocenters. The Balaban J connectivity index is 2.12. The van der Waals surface area contributed by atoms with Gasteiger partial charge in [0.25, 0.3) is 0 Å². The van der Waals surface area contributed by atoms with Gasteiger partial charge in [0.2, 0.25) is 5.91 Å². The van der Waals surface area contributed by atoms with E-state index in [2.05, 4.69) is 15.2 Å². The summed E-state index contributed by atoms with van der Waals surface area (Å²) in [6.45, 7) is 4.15. The lowest BCUT2D eigenvalue weighted by molar-refractivity contribution is -0.126. The molecule has 0 aromatic carbocycles. The minimum absolute atomic E-state index is 0.0892. The number of amides is 1. The molecule has 5 nitrogen and oxygen atoms in total. The van der Waals surface area contributed by atoms with Gasteiger partial charge in [0.15, 0.2) is 0 Å². The third kappa shape index (κ3) is 3.75. The van der Waals surface area contributed by atoms with Crippen molar-refractivity contribution >= 4 is 5.91 Å². The molecule has 2 unspecified atom stereocenters. The van der Waals surface area contributed by atoms with E-state index >= 15 is 0 Å². The van der Waals surface area contributed by atoms with E-state index < -0.39 is 0 Å². The van der Waals surface area contributed by atoms with Crippen molar-refractivity contribution in [3.8, 4) is 0 Å². The van der Waals surface area contributed by atoms with Crippen molar-refractivity contribution in [2.75, 3.05) is 13.1 Å². The fraction of sp³-hybridized carbons (Fsp3) is 0.571. The number of rotatable bonds is 4. The predicted octanol–water partition coefficient (Wildman–Crippen LogP) is 0.509. The summed E-state index contributed by atoms with van der Waals surface area (Å²) in [5.74, 6) is 0.0892. The van der Waals surface area contributed by atoms with Crippen LogP contribution in [0.25, 0.3) is 0 Å². The average Bonchev–Trinajstić information content (AvgIpc) is 2.53. The number of carbonyl (C=O) groups is 1. The number of pyridine rings is 1. The fourth-order valence-corrected chi connectivity index (χ4v) is 2.45. The minimum atomic E-state index is -0.142. The van der Waals surface area contributed by atoms with Gasteiger partial charge in [0.05, 0.1) is 11.7 Å². The molecule has 5 heteroatoms. The Kier molecular flexibility index (Phi) is 4.87. The Morgan fingerprint density at radius 2 is 2.37 bits per heavy atom. The van der Waals surface area contributed by atoms with E-state index in [0.29, 0.717) is 19.5 Å². The third-order valence-corrected chi connectivity index (χ3v) is 3.51. The molecule has 1 aliphatic rings. The smallest absolute Gasteiger partial charge is 0.237 e. The highest BCUT2D eigenvalue weighted by atomic mass is 16.2. The first-order chi connectivity index (χ1) is 9.20. The quantitative estimate of drug-likeness (QED) is 0.829. The standard InChI is InChI=1S/C14H22N4O/c1-11-6-9-18(10-12-4-2-3-8-16-12)13(5-7-15)14(19)17-11/h2-4,8,11,13H,5-7,9-10,15H2,1H3,(H,17,19). The van der Waals surface area contributed by atoms with Crippen molar-refractivity contribution in [1.29, 1.82) is 0 Å². The van der Waals surface area contributed by atoms with Gasteiger partial charge in [-0.15, -0.1) is 0 Å². The molecule has 0 aliphatic carbocycles. The van der Waals surface area contributed by atoms with E-state index in [1.54, 1.807) is 6.20 Å². The van der Waals surface area contributed by atoms with Crippen LogP contribution in [0.5, 0.6) is 0 Å². The number of nitrogens with one attached hydrogen (secondary N) is 1. The molecule has 0 saturated carbocycles. The molecular formula is C14H22N4O. The molecule has 2 rings (SSSR count). The average molecular weight is 262 g/mol. The second-order valence-electron chi connectivity index (χ2n) is 5.08. The molecule has 1 fully saturated rings. The molecule has 1 amide bonds. The molecule has 1 aliphatic heterocycles. The van der Waals surface area contributed by atoms with Gasteiger partial charge in [0, 0.05) is 25.3 Å². The van der Waals surface area contributed by atoms with Gasteiger partial charge in [-0.05, 0) is 38.4 Å². The van der Waals surface area contributed by atoms with E-state index in [1.165, 1.54) is 0 Å². The van der Waals surface area contributed by atoms with Crippen molar-refractivity contribution < 1.29 is 4.79 Å². The zero-order chi connectivity index (χ0) is 13.7. The Labute approximate surface area is 114 Å². The SMILES string of the molecule is CC1CCN(Cc2ccccn2)C(CCN)C(=O)N1. The van der Waals surface area contributed by atoms with Gasteiger partial charge in [-0.3, -0.25) is 14.7 Å². The van der Waals surface area contributed by atoms with E-state index in [9.17, 15) is 4.79 Å². The third-order valence-electron chi connectivity index (χ3n) is 3.51. The molecular weight excluding hydrogens is 240 g/mol. The van der Waals surface area contributed by atoms with Crippen LogP contribution in [0.1, 0.15) is 25.5 Å².